The van der Waals surface area contributed by atoms with Crippen LogP contribution >= 0.6 is 11.6 Å². The first-order valence-corrected chi connectivity index (χ1v) is 7.18. The van der Waals surface area contributed by atoms with Gasteiger partial charge in [-0.05, 0) is 37.5 Å². The third-order valence-corrected chi connectivity index (χ3v) is 4.13. The van der Waals surface area contributed by atoms with E-state index in [4.69, 9.17) is 17.3 Å². The molecular formula is C15H19ClN2O2. The van der Waals surface area contributed by atoms with Gasteiger partial charge in [0.15, 0.2) is 0 Å². The topological polar surface area (TPSA) is 63.4 Å². The number of amides is 2. The Hall–Kier alpha value is -1.55. The second kappa shape index (κ2) is 6.27. The first kappa shape index (κ1) is 14.9. The molecule has 1 saturated heterocycles. The molecule has 0 spiro atoms. The molecule has 1 fully saturated rings. The number of piperidine rings is 1. The minimum Gasteiger partial charge on any atom is -0.369 e. The van der Waals surface area contributed by atoms with Crippen molar-refractivity contribution >= 4 is 23.4 Å². The number of halogens is 1. The quantitative estimate of drug-likeness (QED) is 0.926. The minimum atomic E-state index is -0.318. The summed E-state index contributed by atoms with van der Waals surface area (Å²) < 4.78 is 0. The molecule has 1 aromatic rings. The standard InChI is InChI=1S/C15H19ClN2O2/c1-10-2-5-12(15(17)20)9-18(10)14(19)8-11-3-6-13(16)7-4-11/h3-4,6-7,10,12H,2,5,8-9H2,1H3,(H2,17,20)/t10-,12+/m0/s1. The highest BCUT2D eigenvalue weighted by atomic mass is 35.5. The highest BCUT2D eigenvalue weighted by Crippen LogP contribution is 2.22. The van der Waals surface area contributed by atoms with Crippen molar-refractivity contribution in [3.05, 3.63) is 34.9 Å². The van der Waals surface area contributed by atoms with Crippen molar-refractivity contribution in [1.29, 1.82) is 0 Å². The molecular weight excluding hydrogens is 276 g/mol. The van der Waals surface area contributed by atoms with Crippen molar-refractivity contribution in [3.8, 4) is 0 Å². The first-order valence-electron chi connectivity index (χ1n) is 6.80. The molecule has 0 unspecified atom stereocenters. The lowest BCUT2D eigenvalue weighted by Crippen LogP contribution is -2.49. The van der Waals surface area contributed by atoms with Gasteiger partial charge in [0.25, 0.3) is 0 Å². The van der Waals surface area contributed by atoms with E-state index in [-0.39, 0.29) is 23.8 Å². The van der Waals surface area contributed by atoms with Gasteiger partial charge >= 0.3 is 0 Å². The molecule has 108 valence electrons. The molecule has 5 heteroatoms. The molecule has 0 aliphatic carbocycles. The van der Waals surface area contributed by atoms with E-state index in [0.29, 0.717) is 18.0 Å². The number of nitrogens with zero attached hydrogens (tertiary/aromatic N) is 1. The Bertz CT molecular complexity index is 501. The highest BCUT2D eigenvalue weighted by molar-refractivity contribution is 6.30. The molecule has 0 bridgehead atoms. The van der Waals surface area contributed by atoms with E-state index in [0.717, 1.165) is 18.4 Å². The maximum Gasteiger partial charge on any atom is 0.227 e. The molecule has 4 nitrogen and oxygen atoms in total. The van der Waals surface area contributed by atoms with Crippen LogP contribution in [0.2, 0.25) is 5.02 Å². The molecule has 2 amide bonds. The van der Waals surface area contributed by atoms with Crippen LogP contribution in [0.3, 0.4) is 0 Å². The molecule has 20 heavy (non-hydrogen) atoms. The summed E-state index contributed by atoms with van der Waals surface area (Å²) in [6, 6.07) is 7.40. The van der Waals surface area contributed by atoms with Gasteiger partial charge in [0.2, 0.25) is 11.8 Å². The van der Waals surface area contributed by atoms with Gasteiger partial charge in [-0.25, -0.2) is 0 Å². The SMILES string of the molecule is C[C@H]1CC[C@@H](C(N)=O)CN1C(=O)Cc1ccc(Cl)cc1. The zero-order valence-corrected chi connectivity index (χ0v) is 12.3. The maximum atomic E-state index is 12.4. The van der Waals surface area contributed by atoms with Crippen LogP contribution in [0.25, 0.3) is 0 Å². The van der Waals surface area contributed by atoms with Gasteiger partial charge in [0, 0.05) is 17.6 Å². The summed E-state index contributed by atoms with van der Waals surface area (Å²) >= 11 is 5.83. The summed E-state index contributed by atoms with van der Waals surface area (Å²) in [5.41, 5.74) is 6.28. The molecule has 0 aromatic heterocycles. The predicted molar refractivity (Wildman–Crippen MR) is 78.2 cm³/mol. The highest BCUT2D eigenvalue weighted by Gasteiger charge is 2.31. The van der Waals surface area contributed by atoms with Gasteiger partial charge in [-0.2, -0.15) is 0 Å². The molecule has 1 heterocycles. The van der Waals surface area contributed by atoms with Crippen LogP contribution in [-0.2, 0) is 16.0 Å². The Morgan fingerprint density at radius 3 is 2.55 bits per heavy atom. The lowest BCUT2D eigenvalue weighted by molar-refractivity contribution is -0.136. The fourth-order valence-electron chi connectivity index (χ4n) is 2.57. The Morgan fingerprint density at radius 2 is 1.95 bits per heavy atom. The fourth-order valence-corrected chi connectivity index (χ4v) is 2.69. The van der Waals surface area contributed by atoms with Crippen LogP contribution in [-0.4, -0.2) is 29.3 Å². The largest absolute Gasteiger partial charge is 0.369 e. The van der Waals surface area contributed by atoms with E-state index >= 15 is 0 Å². The minimum absolute atomic E-state index is 0.0331. The molecule has 2 atom stereocenters. The summed E-state index contributed by atoms with van der Waals surface area (Å²) in [6.45, 7) is 2.44. The average Bonchev–Trinajstić information content (AvgIpc) is 2.41. The zero-order valence-electron chi connectivity index (χ0n) is 11.5. The van der Waals surface area contributed by atoms with Crippen molar-refractivity contribution in [2.45, 2.75) is 32.2 Å². The van der Waals surface area contributed by atoms with Crippen LogP contribution in [0, 0.1) is 5.92 Å². The molecule has 2 N–H and O–H groups in total. The van der Waals surface area contributed by atoms with E-state index in [1.165, 1.54) is 0 Å². The normalized spacial score (nSPS) is 22.6. The Morgan fingerprint density at radius 1 is 1.30 bits per heavy atom. The molecule has 0 radical (unpaired) electrons. The van der Waals surface area contributed by atoms with Crippen LogP contribution in [0.4, 0.5) is 0 Å². The molecule has 2 rings (SSSR count). The van der Waals surface area contributed by atoms with Crippen LogP contribution in [0.1, 0.15) is 25.3 Å². The number of hydrogen-bond donors (Lipinski definition) is 1. The Labute approximate surface area is 123 Å². The smallest absolute Gasteiger partial charge is 0.227 e. The lowest BCUT2D eigenvalue weighted by atomic mass is 9.92. The Kier molecular flexibility index (Phi) is 4.65. The van der Waals surface area contributed by atoms with E-state index < -0.39 is 0 Å². The maximum absolute atomic E-state index is 12.4. The van der Waals surface area contributed by atoms with Gasteiger partial charge < -0.3 is 10.6 Å². The van der Waals surface area contributed by atoms with E-state index in [2.05, 4.69) is 0 Å². The molecule has 1 aliphatic rings. The number of rotatable bonds is 3. The number of hydrogen-bond acceptors (Lipinski definition) is 2. The fraction of sp³-hybridized carbons (Fsp3) is 0.467. The first-order chi connectivity index (χ1) is 9.47. The summed E-state index contributed by atoms with van der Waals surface area (Å²) in [6.07, 6.45) is 1.91. The second-order valence-corrected chi connectivity index (χ2v) is 5.81. The number of benzene rings is 1. The van der Waals surface area contributed by atoms with Gasteiger partial charge in [0.1, 0.15) is 0 Å². The zero-order chi connectivity index (χ0) is 14.7. The van der Waals surface area contributed by atoms with Crippen molar-refractivity contribution in [1.82, 2.24) is 4.90 Å². The van der Waals surface area contributed by atoms with Crippen molar-refractivity contribution in [2.24, 2.45) is 11.7 Å². The van der Waals surface area contributed by atoms with E-state index in [9.17, 15) is 9.59 Å². The third-order valence-electron chi connectivity index (χ3n) is 3.87. The number of carbonyl (C=O) groups excluding carboxylic acids is 2. The number of likely N-dealkylation sites (tertiary alicyclic amines) is 1. The van der Waals surface area contributed by atoms with Crippen molar-refractivity contribution < 1.29 is 9.59 Å². The molecule has 1 aromatic carbocycles. The summed E-state index contributed by atoms with van der Waals surface area (Å²) in [5, 5.41) is 0.654. The van der Waals surface area contributed by atoms with Gasteiger partial charge in [-0.15, -0.1) is 0 Å². The average molecular weight is 295 g/mol. The summed E-state index contributed by atoms with van der Waals surface area (Å²) in [4.78, 5) is 25.4. The van der Waals surface area contributed by atoms with Gasteiger partial charge in [-0.3, -0.25) is 9.59 Å². The van der Waals surface area contributed by atoms with E-state index in [1.807, 2.05) is 19.1 Å². The number of primary amides is 1. The van der Waals surface area contributed by atoms with Crippen LogP contribution in [0.5, 0.6) is 0 Å². The van der Waals surface area contributed by atoms with Crippen LogP contribution in [0.15, 0.2) is 24.3 Å². The second-order valence-electron chi connectivity index (χ2n) is 5.38. The molecule has 0 saturated carbocycles. The van der Waals surface area contributed by atoms with Gasteiger partial charge in [-0.1, -0.05) is 23.7 Å². The molecule has 1 aliphatic heterocycles. The third kappa shape index (κ3) is 3.51. The van der Waals surface area contributed by atoms with Crippen molar-refractivity contribution in [3.63, 3.8) is 0 Å². The number of nitrogens with two attached hydrogens (primary N) is 1. The monoisotopic (exact) mass is 294 g/mol. The van der Waals surface area contributed by atoms with Crippen molar-refractivity contribution in [2.75, 3.05) is 6.54 Å². The lowest BCUT2D eigenvalue weighted by Gasteiger charge is -2.37. The van der Waals surface area contributed by atoms with E-state index in [1.54, 1.807) is 17.0 Å². The predicted octanol–water partition coefficient (Wildman–Crippen LogP) is 1.99. The summed E-state index contributed by atoms with van der Waals surface area (Å²) in [5.74, 6) is -0.507. The van der Waals surface area contributed by atoms with Gasteiger partial charge in [0.05, 0.1) is 12.3 Å². The summed E-state index contributed by atoms with van der Waals surface area (Å²) in [7, 11) is 0. The van der Waals surface area contributed by atoms with Crippen LogP contribution < -0.4 is 5.73 Å². The Balaban J connectivity index is 2.03. The number of carbonyl (C=O) groups is 2.